The molecule has 0 spiro atoms. The molecule has 1 heterocycles. The third kappa shape index (κ3) is 3.78. The van der Waals surface area contributed by atoms with Crippen molar-refractivity contribution in [1.29, 1.82) is 0 Å². The summed E-state index contributed by atoms with van der Waals surface area (Å²) in [7, 11) is 0. The van der Waals surface area contributed by atoms with Gasteiger partial charge >= 0.3 is 0 Å². The van der Waals surface area contributed by atoms with E-state index in [1.165, 1.54) is 11.1 Å². The van der Waals surface area contributed by atoms with Gasteiger partial charge in [0.1, 0.15) is 0 Å². The molecule has 0 bridgehead atoms. The normalized spacial score (nSPS) is 26.4. The van der Waals surface area contributed by atoms with Gasteiger partial charge in [-0.1, -0.05) is 18.2 Å². The van der Waals surface area contributed by atoms with Crippen molar-refractivity contribution >= 4 is 0 Å². The lowest BCUT2D eigenvalue weighted by Gasteiger charge is -2.36. The van der Waals surface area contributed by atoms with Crippen molar-refractivity contribution in [1.82, 2.24) is 4.90 Å². The van der Waals surface area contributed by atoms with Gasteiger partial charge in [0.15, 0.2) is 0 Å². The van der Waals surface area contributed by atoms with Crippen LogP contribution in [0.1, 0.15) is 36.6 Å². The van der Waals surface area contributed by atoms with E-state index >= 15 is 0 Å². The van der Waals surface area contributed by atoms with Crippen LogP contribution in [0.25, 0.3) is 0 Å². The van der Waals surface area contributed by atoms with Crippen LogP contribution in [0.5, 0.6) is 0 Å². The van der Waals surface area contributed by atoms with Crippen LogP contribution >= 0.6 is 0 Å². The molecule has 1 N–H and O–H groups in total. The van der Waals surface area contributed by atoms with Crippen molar-refractivity contribution in [3.63, 3.8) is 0 Å². The Labute approximate surface area is 116 Å². The minimum Gasteiger partial charge on any atom is -0.387 e. The monoisotopic (exact) mass is 263 g/mol. The van der Waals surface area contributed by atoms with E-state index in [9.17, 15) is 5.11 Å². The van der Waals surface area contributed by atoms with E-state index in [0.717, 1.165) is 18.7 Å². The maximum atomic E-state index is 10.4. The Morgan fingerprint density at radius 2 is 1.84 bits per heavy atom. The number of morpholine rings is 1. The average molecular weight is 263 g/mol. The molecular formula is C16H25NO2. The van der Waals surface area contributed by atoms with Crippen molar-refractivity contribution in [2.75, 3.05) is 19.6 Å². The highest BCUT2D eigenvalue weighted by Gasteiger charge is 2.24. The predicted molar refractivity (Wildman–Crippen MR) is 77.3 cm³/mol. The van der Waals surface area contributed by atoms with Gasteiger partial charge in [0.25, 0.3) is 0 Å². The number of nitrogens with zero attached hydrogens (tertiary/aromatic N) is 1. The van der Waals surface area contributed by atoms with Crippen LogP contribution in [0.3, 0.4) is 0 Å². The first-order chi connectivity index (χ1) is 8.95. The van der Waals surface area contributed by atoms with E-state index in [4.69, 9.17) is 4.74 Å². The third-order valence-electron chi connectivity index (χ3n) is 3.84. The number of aliphatic hydroxyl groups is 1. The van der Waals surface area contributed by atoms with Gasteiger partial charge < -0.3 is 9.84 Å². The Kier molecular flexibility index (Phi) is 4.61. The Morgan fingerprint density at radius 1 is 1.21 bits per heavy atom. The molecular weight excluding hydrogens is 238 g/mol. The van der Waals surface area contributed by atoms with Gasteiger partial charge in [-0.25, -0.2) is 0 Å². The first kappa shape index (κ1) is 14.5. The van der Waals surface area contributed by atoms with Crippen molar-refractivity contribution in [2.45, 2.75) is 46.0 Å². The molecule has 0 aliphatic carbocycles. The number of hydrogen-bond donors (Lipinski definition) is 1. The highest BCUT2D eigenvalue weighted by Crippen LogP contribution is 2.20. The zero-order valence-electron chi connectivity index (χ0n) is 12.4. The van der Waals surface area contributed by atoms with Gasteiger partial charge in [0.05, 0.1) is 18.3 Å². The summed E-state index contributed by atoms with van der Waals surface area (Å²) >= 11 is 0. The number of rotatable bonds is 3. The summed E-state index contributed by atoms with van der Waals surface area (Å²) in [5.41, 5.74) is 3.51. The molecule has 0 amide bonds. The second kappa shape index (κ2) is 6.04. The maximum absolute atomic E-state index is 10.4. The molecule has 1 saturated heterocycles. The molecule has 19 heavy (non-hydrogen) atoms. The molecule has 0 saturated carbocycles. The molecule has 1 aromatic rings. The number of hydrogen-bond acceptors (Lipinski definition) is 3. The van der Waals surface area contributed by atoms with Crippen LogP contribution in [-0.2, 0) is 4.74 Å². The lowest BCUT2D eigenvalue weighted by atomic mass is 10.0. The summed E-state index contributed by atoms with van der Waals surface area (Å²) in [6, 6.07) is 6.20. The minimum absolute atomic E-state index is 0.246. The largest absolute Gasteiger partial charge is 0.387 e. The number of aliphatic hydroxyl groups excluding tert-OH is 1. The van der Waals surface area contributed by atoms with Crippen LogP contribution in [0.15, 0.2) is 18.2 Å². The van der Waals surface area contributed by atoms with Gasteiger partial charge in [-0.3, -0.25) is 4.90 Å². The zero-order chi connectivity index (χ0) is 14.0. The molecule has 0 aromatic heterocycles. The van der Waals surface area contributed by atoms with E-state index in [-0.39, 0.29) is 12.2 Å². The van der Waals surface area contributed by atoms with Crippen LogP contribution in [-0.4, -0.2) is 41.8 Å². The summed E-state index contributed by atoms with van der Waals surface area (Å²) in [5.74, 6) is 0. The highest BCUT2D eigenvalue weighted by molar-refractivity contribution is 5.31. The first-order valence-corrected chi connectivity index (χ1v) is 7.08. The Bertz CT molecular complexity index is 423. The number of benzene rings is 1. The number of β-amino-alcohol motifs (C(OH)–C–C–N with tert-alkyl or cyclic N) is 1. The van der Waals surface area contributed by atoms with E-state index in [1.54, 1.807) is 0 Å². The average Bonchev–Trinajstić information content (AvgIpc) is 2.31. The zero-order valence-corrected chi connectivity index (χ0v) is 12.4. The quantitative estimate of drug-likeness (QED) is 0.909. The smallest absolute Gasteiger partial charge is 0.0917 e. The third-order valence-corrected chi connectivity index (χ3v) is 3.84. The Morgan fingerprint density at radius 3 is 2.42 bits per heavy atom. The van der Waals surface area contributed by atoms with Crippen LogP contribution in [0.2, 0.25) is 0 Å². The van der Waals surface area contributed by atoms with Crippen molar-refractivity contribution in [3.8, 4) is 0 Å². The van der Waals surface area contributed by atoms with Gasteiger partial charge in [0, 0.05) is 19.6 Å². The van der Waals surface area contributed by atoms with Crippen molar-refractivity contribution < 1.29 is 9.84 Å². The van der Waals surface area contributed by atoms with Crippen molar-refractivity contribution in [2.24, 2.45) is 0 Å². The number of ether oxygens (including phenoxy) is 1. The molecule has 3 unspecified atom stereocenters. The predicted octanol–water partition coefficient (Wildman–Crippen LogP) is 2.45. The molecule has 1 aromatic carbocycles. The highest BCUT2D eigenvalue weighted by atomic mass is 16.5. The fraction of sp³-hybridized carbons (Fsp3) is 0.625. The fourth-order valence-corrected chi connectivity index (χ4v) is 2.76. The van der Waals surface area contributed by atoms with Gasteiger partial charge in [-0.05, 0) is 44.4 Å². The Balaban J connectivity index is 2.00. The fourth-order valence-electron chi connectivity index (χ4n) is 2.76. The van der Waals surface area contributed by atoms with Crippen molar-refractivity contribution in [3.05, 3.63) is 34.9 Å². The summed E-state index contributed by atoms with van der Waals surface area (Å²) in [5, 5.41) is 10.4. The second-order valence-electron chi connectivity index (χ2n) is 5.84. The molecule has 3 heteroatoms. The Hall–Kier alpha value is -0.900. The number of aryl methyl sites for hydroxylation is 2. The standard InChI is InChI=1S/C16H25NO2/c1-11-5-6-15(7-12(11)2)16(18)10-17-8-13(3)19-14(4)9-17/h5-7,13-14,16,18H,8-10H2,1-4H3. The molecule has 2 rings (SSSR count). The van der Waals surface area contributed by atoms with Gasteiger partial charge in [-0.2, -0.15) is 0 Å². The van der Waals surface area contributed by atoms with E-state index in [1.807, 2.05) is 6.07 Å². The minimum atomic E-state index is -0.420. The van der Waals surface area contributed by atoms with Crippen LogP contribution in [0, 0.1) is 13.8 Å². The molecule has 1 aliphatic heterocycles. The van der Waals surface area contributed by atoms with Gasteiger partial charge in [0.2, 0.25) is 0 Å². The summed E-state index contributed by atoms with van der Waals surface area (Å²) in [6.07, 6.45) is 0.0724. The molecule has 3 nitrogen and oxygen atoms in total. The lowest BCUT2D eigenvalue weighted by molar-refractivity contribution is -0.0767. The topological polar surface area (TPSA) is 32.7 Å². The molecule has 0 radical (unpaired) electrons. The summed E-state index contributed by atoms with van der Waals surface area (Å²) < 4.78 is 5.72. The van der Waals surface area contributed by atoms with E-state index in [0.29, 0.717) is 6.54 Å². The summed E-state index contributed by atoms with van der Waals surface area (Å²) in [6.45, 7) is 10.8. The lowest BCUT2D eigenvalue weighted by Crippen LogP contribution is -2.46. The summed E-state index contributed by atoms with van der Waals surface area (Å²) in [4.78, 5) is 2.29. The molecule has 106 valence electrons. The maximum Gasteiger partial charge on any atom is 0.0917 e. The SMILES string of the molecule is Cc1ccc(C(O)CN2CC(C)OC(C)C2)cc1C. The van der Waals surface area contributed by atoms with Crippen LogP contribution < -0.4 is 0 Å². The second-order valence-corrected chi connectivity index (χ2v) is 5.84. The molecule has 3 atom stereocenters. The van der Waals surface area contributed by atoms with E-state index < -0.39 is 6.10 Å². The van der Waals surface area contributed by atoms with Gasteiger partial charge in [-0.15, -0.1) is 0 Å². The molecule has 1 aliphatic rings. The van der Waals surface area contributed by atoms with Crippen LogP contribution in [0.4, 0.5) is 0 Å². The molecule has 1 fully saturated rings. The first-order valence-electron chi connectivity index (χ1n) is 7.08. The van der Waals surface area contributed by atoms with E-state index in [2.05, 4.69) is 44.7 Å².